The lowest BCUT2D eigenvalue weighted by Gasteiger charge is -2.13. The molecule has 1 atom stereocenters. The Kier molecular flexibility index (Phi) is 4.35. The van der Waals surface area contributed by atoms with E-state index in [1.807, 2.05) is 13.8 Å². The third kappa shape index (κ3) is 3.09. The standard InChI is InChI=1S/C13H21N3OS/c1-8(2)11(14)12(17)16-13-15-9-6-4-3-5-7-10(9)18-13/h8,11H,3-7,14H2,1-2H3,(H,15,16,17)/t11-/m0/s1. The zero-order chi connectivity index (χ0) is 13.1. The van der Waals surface area contributed by atoms with Crippen molar-refractivity contribution < 1.29 is 4.79 Å². The quantitative estimate of drug-likeness (QED) is 0.826. The first-order chi connectivity index (χ1) is 8.58. The van der Waals surface area contributed by atoms with E-state index in [1.54, 1.807) is 11.3 Å². The maximum Gasteiger partial charge on any atom is 0.243 e. The SMILES string of the molecule is CC(C)[C@H](N)C(=O)Nc1nc2c(s1)CCCCC2. The zero-order valence-corrected chi connectivity index (χ0v) is 11.8. The number of rotatable bonds is 3. The highest BCUT2D eigenvalue weighted by atomic mass is 32.1. The zero-order valence-electron chi connectivity index (χ0n) is 11.0. The van der Waals surface area contributed by atoms with Crippen LogP contribution < -0.4 is 11.1 Å². The Labute approximate surface area is 112 Å². The Morgan fingerprint density at radius 1 is 1.33 bits per heavy atom. The molecule has 1 aliphatic carbocycles. The highest BCUT2D eigenvalue weighted by Gasteiger charge is 2.20. The van der Waals surface area contributed by atoms with Gasteiger partial charge in [-0.2, -0.15) is 0 Å². The molecule has 0 radical (unpaired) electrons. The van der Waals surface area contributed by atoms with E-state index in [9.17, 15) is 4.79 Å². The minimum atomic E-state index is -0.464. The fourth-order valence-corrected chi connectivity index (χ4v) is 3.13. The number of carbonyl (C=O) groups is 1. The molecular weight excluding hydrogens is 246 g/mol. The number of nitrogens with one attached hydrogen (secondary N) is 1. The van der Waals surface area contributed by atoms with Crippen LogP contribution in [0.3, 0.4) is 0 Å². The molecule has 1 aromatic rings. The van der Waals surface area contributed by atoms with Gasteiger partial charge in [-0.1, -0.05) is 20.3 Å². The van der Waals surface area contributed by atoms with E-state index < -0.39 is 6.04 Å². The molecule has 1 amide bonds. The molecule has 1 heterocycles. The fourth-order valence-electron chi connectivity index (χ4n) is 2.07. The molecule has 0 saturated carbocycles. The smallest absolute Gasteiger partial charge is 0.243 e. The number of aromatic nitrogens is 1. The maximum absolute atomic E-state index is 11.9. The Bertz CT molecular complexity index is 404. The summed E-state index contributed by atoms with van der Waals surface area (Å²) in [5.74, 6) is 0.0108. The highest BCUT2D eigenvalue weighted by molar-refractivity contribution is 7.15. The number of nitrogens with zero attached hydrogens (tertiary/aromatic N) is 1. The topological polar surface area (TPSA) is 68.0 Å². The Morgan fingerprint density at radius 3 is 2.78 bits per heavy atom. The first-order valence-corrected chi connectivity index (χ1v) is 7.44. The van der Waals surface area contributed by atoms with E-state index in [0.29, 0.717) is 5.13 Å². The van der Waals surface area contributed by atoms with Gasteiger partial charge in [0, 0.05) is 4.88 Å². The minimum absolute atomic E-state index is 0.131. The van der Waals surface area contributed by atoms with Crippen molar-refractivity contribution in [3.8, 4) is 0 Å². The molecule has 4 nitrogen and oxygen atoms in total. The molecule has 3 N–H and O–H groups in total. The van der Waals surface area contributed by atoms with Crippen molar-refractivity contribution in [2.45, 2.75) is 52.0 Å². The van der Waals surface area contributed by atoms with E-state index in [1.165, 1.54) is 29.8 Å². The summed E-state index contributed by atoms with van der Waals surface area (Å²) in [5, 5.41) is 3.56. The third-order valence-electron chi connectivity index (χ3n) is 3.35. The predicted molar refractivity (Wildman–Crippen MR) is 74.8 cm³/mol. The number of fused-ring (bicyclic) bond motifs is 1. The second-order valence-corrected chi connectivity index (χ2v) is 6.29. The van der Waals surface area contributed by atoms with Crippen molar-refractivity contribution in [2.75, 3.05) is 5.32 Å². The number of amides is 1. The van der Waals surface area contributed by atoms with Crippen LogP contribution >= 0.6 is 11.3 Å². The molecule has 5 heteroatoms. The van der Waals surface area contributed by atoms with E-state index in [0.717, 1.165) is 12.8 Å². The number of aryl methyl sites for hydroxylation is 2. The minimum Gasteiger partial charge on any atom is -0.320 e. The second kappa shape index (κ2) is 5.80. The lowest BCUT2D eigenvalue weighted by atomic mass is 10.1. The van der Waals surface area contributed by atoms with Gasteiger partial charge in [-0.25, -0.2) is 4.98 Å². The summed E-state index contributed by atoms with van der Waals surface area (Å²) in [5.41, 5.74) is 6.99. The summed E-state index contributed by atoms with van der Waals surface area (Å²) in [7, 11) is 0. The van der Waals surface area contributed by atoms with Crippen LogP contribution in [0, 0.1) is 5.92 Å². The van der Waals surface area contributed by atoms with Crippen molar-refractivity contribution >= 4 is 22.4 Å². The lowest BCUT2D eigenvalue weighted by molar-refractivity contribution is -0.118. The van der Waals surface area contributed by atoms with Crippen LogP contribution in [0.1, 0.15) is 43.7 Å². The van der Waals surface area contributed by atoms with Gasteiger partial charge in [-0.3, -0.25) is 4.79 Å². The van der Waals surface area contributed by atoms with E-state index in [4.69, 9.17) is 5.73 Å². The monoisotopic (exact) mass is 267 g/mol. The molecule has 1 aliphatic rings. The predicted octanol–water partition coefficient (Wildman–Crippen LogP) is 2.33. The van der Waals surface area contributed by atoms with Crippen molar-refractivity contribution in [2.24, 2.45) is 11.7 Å². The van der Waals surface area contributed by atoms with Gasteiger partial charge >= 0.3 is 0 Å². The summed E-state index contributed by atoms with van der Waals surface area (Å²) in [6.07, 6.45) is 5.85. The van der Waals surface area contributed by atoms with Gasteiger partial charge in [0.1, 0.15) is 0 Å². The van der Waals surface area contributed by atoms with Crippen LogP contribution in [-0.4, -0.2) is 16.9 Å². The normalized spacial score (nSPS) is 17.1. The van der Waals surface area contributed by atoms with Gasteiger partial charge in [0.05, 0.1) is 11.7 Å². The molecule has 0 fully saturated rings. The lowest BCUT2D eigenvalue weighted by Crippen LogP contribution is -2.39. The molecule has 0 aliphatic heterocycles. The largest absolute Gasteiger partial charge is 0.320 e. The molecule has 18 heavy (non-hydrogen) atoms. The number of nitrogens with two attached hydrogens (primary N) is 1. The average molecular weight is 267 g/mol. The van der Waals surface area contributed by atoms with Gasteiger partial charge in [0.2, 0.25) is 5.91 Å². The van der Waals surface area contributed by atoms with Crippen LogP contribution in [0.2, 0.25) is 0 Å². The van der Waals surface area contributed by atoms with Crippen molar-refractivity contribution in [1.29, 1.82) is 0 Å². The molecule has 0 saturated heterocycles. The van der Waals surface area contributed by atoms with Gasteiger partial charge in [-0.15, -0.1) is 11.3 Å². The molecule has 1 aromatic heterocycles. The summed E-state index contributed by atoms with van der Waals surface area (Å²) in [6, 6.07) is -0.464. The van der Waals surface area contributed by atoms with Crippen LogP contribution in [-0.2, 0) is 17.6 Å². The molecule has 0 spiro atoms. The third-order valence-corrected chi connectivity index (χ3v) is 4.42. The van der Waals surface area contributed by atoms with Crippen LogP contribution in [0.4, 0.5) is 5.13 Å². The van der Waals surface area contributed by atoms with Crippen molar-refractivity contribution in [3.63, 3.8) is 0 Å². The molecule has 2 rings (SSSR count). The maximum atomic E-state index is 11.9. The number of hydrogen-bond acceptors (Lipinski definition) is 4. The molecule has 0 bridgehead atoms. The number of thiazole rings is 1. The number of hydrogen-bond donors (Lipinski definition) is 2. The summed E-state index contributed by atoms with van der Waals surface area (Å²) in [6.45, 7) is 3.89. The van der Waals surface area contributed by atoms with Crippen LogP contribution in [0.5, 0.6) is 0 Å². The fraction of sp³-hybridized carbons (Fsp3) is 0.692. The summed E-state index contributed by atoms with van der Waals surface area (Å²) >= 11 is 1.61. The molecular formula is C13H21N3OS. The van der Waals surface area contributed by atoms with E-state index in [2.05, 4.69) is 10.3 Å². The molecule has 0 unspecified atom stereocenters. The van der Waals surface area contributed by atoms with E-state index in [-0.39, 0.29) is 11.8 Å². The first-order valence-electron chi connectivity index (χ1n) is 6.63. The molecule has 0 aromatic carbocycles. The second-order valence-electron chi connectivity index (χ2n) is 5.21. The van der Waals surface area contributed by atoms with Crippen LogP contribution in [0.15, 0.2) is 0 Å². The Hall–Kier alpha value is -0.940. The Morgan fingerprint density at radius 2 is 2.06 bits per heavy atom. The summed E-state index contributed by atoms with van der Waals surface area (Å²) in [4.78, 5) is 17.7. The average Bonchev–Trinajstić information content (AvgIpc) is 2.57. The van der Waals surface area contributed by atoms with Gasteiger partial charge in [0.15, 0.2) is 5.13 Å². The number of carbonyl (C=O) groups excluding carboxylic acids is 1. The highest BCUT2D eigenvalue weighted by Crippen LogP contribution is 2.28. The van der Waals surface area contributed by atoms with Crippen LogP contribution in [0.25, 0.3) is 0 Å². The molecule has 100 valence electrons. The van der Waals surface area contributed by atoms with Crippen molar-refractivity contribution in [3.05, 3.63) is 10.6 Å². The van der Waals surface area contributed by atoms with Gasteiger partial charge in [-0.05, 0) is 31.6 Å². The summed E-state index contributed by atoms with van der Waals surface area (Å²) < 4.78 is 0. The number of anilines is 1. The van der Waals surface area contributed by atoms with Gasteiger partial charge in [0.25, 0.3) is 0 Å². The Balaban J connectivity index is 2.04. The van der Waals surface area contributed by atoms with E-state index >= 15 is 0 Å². The van der Waals surface area contributed by atoms with Gasteiger partial charge < -0.3 is 11.1 Å². The van der Waals surface area contributed by atoms with Crippen molar-refractivity contribution in [1.82, 2.24) is 4.98 Å². The first kappa shape index (κ1) is 13.5.